The smallest absolute Gasteiger partial charge is 0.0991 e. The van der Waals surface area contributed by atoms with Crippen LogP contribution in [0, 0.1) is 22.7 Å². The first-order chi connectivity index (χ1) is 31.1. The number of benzene rings is 6. The van der Waals surface area contributed by atoms with Gasteiger partial charge in [-0.25, -0.2) is 4.98 Å². The molecular weight excluding hydrogens is 771 g/mol. The van der Waals surface area contributed by atoms with Gasteiger partial charge in [-0.1, -0.05) is 91.0 Å². The van der Waals surface area contributed by atoms with Gasteiger partial charge in [-0.05, 0) is 125 Å². The Kier molecular flexibility index (Phi) is 8.05. The van der Waals surface area contributed by atoms with Gasteiger partial charge in [0, 0.05) is 46.0 Å². The highest BCUT2D eigenvalue weighted by molar-refractivity contribution is 6.06. The lowest BCUT2D eigenvalue weighted by Gasteiger charge is -2.30. The van der Waals surface area contributed by atoms with E-state index < -0.39 is 5.41 Å². The molecule has 292 valence electrons. The van der Waals surface area contributed by atoms with E-state index in [0.29, 0.717) is 22.5 Å². The number of anilines is 3. The SMILES string of the molecule is N#Cc1ccc2c(c1)C1(c3cc(C#N)ccc3-2)c2ccccc2-c2c1c1ccc(N(c3ccccc3)c3ccccc3)cc1n2-c1cc(-c2ccccn2)nc(-c2ccccn2)c1. The van der Waals surface area contributed by atoms with Crippen molar-refractivity contribution in [2.75, 3.05) is 4.90 Å². The lowest BCUT2D eigenvalue weighted by Crippen LogP contribution is -2.26. The van der Waals surface area contributed by atoms with Crippen molar-refractivity contribution in [3.05, 3.63) is 234 Å². The van der Waals surface area contributed by atoms with Crippen LogP contribution in [0.15, 0.2) is 200 Å². The maximum Gasteiger partial charge on any atom is 0.0991 e. The molecule has 4 aromatic heterocycles. The summed E-state index contributed by atoms with van der Waals surface area (Å²) in [5.41, 5.74) is 16.5. The van der Waals surface area contributed by atoms with E-state index in [2.05, 4.69) is 149 Å². The minimum Gasteiger partial charge on any atom is -0.310 e. The molecule has 6 aromatic carbocycles. The first-order valence-corrected chi connectivity index (χ1v) is 20.8. The molecule has 1 spiro atoms. The zero-order valence-electron chi connectivity index (χ0n) is 33.7. The summed E-state index contributed by atoms with van der Waals surface area (Å²) in [6, 6.07) is 69.2. The predicted octanol–water partition coefficient (Wildman–Crippen LogP) is 12.7. The number of hydrogen-bond acceptors (Lipinski definition) is 6. The van der Waals surface area contributed by atoms with Gasteiger partial charge in [0.1, 0.15) is 0 Å². The summed E-state index contributed by atoms with van der Waals surface area (Å²) in [5, 5.41) is 21.9. The van der Waals surface area contributed by atoms with E-state index in [0.717, 1.165) is 89.7 Å². The van der Waals surface area contributed by atoms with Crippen LogP contribution in [0.25, 0.3) is 61.8 Å². The van der Waals surface area contributed by atoms with Crippen molar-refractivity contribution < 1.29 is 0 Å². The molecule has 0 aliphatic heterocycles. The van der Waals surface area contributed by atoms with Crippen molar-refractivity contribution in [1.82, 2.24) is 19.5 Å². The van der Waals surface area contributed by atoms with E-state index >= 15 is 0 Å². The van der Waals surface area contributed by atoms with Crippen LogP contribution in [0.4, 0.5) is 17.1 Å². The molecule has 0 amide bonds. The van der Waals surface area contributed by atoms with Gasteiger partial charge in [0.2, 0.25) is 0 Å². The fourth-order valence-corrected chi connectivity index (χ4v) is 10.0. The molecule has 2 aliphatic rings. The van der Waals surface area contributed by atoms with Crippen LogP contribution in [-0.2, 0) is 5.41 Å². The summed E-state index contributed by atoms with van der Waals surface area (Å²) in [6.45, 7) is 0. The Bertz CT molecular complexity index is 3370. The van der Waals surface area contributed by atoms with E-state index in [1.54, 1.807) is 12.4 Å². The lowest BCUT2D eigenvalue weighted by molar-refractivity contribution is 0.800. The highest BCUT2D eigenvalue weighted by Crippen LogP contribution is 2.65. The Morgan fingerprint density at radius 2 is 1.02 bits per heavy atom. The standard InChI is InChI=1S/C56H33N7/c57-34-36-21-24-42-43-25-22-37(35-58)30-48(43)56(47(42)29-36)46-18-8-7-17-44(46)55-54(56)45-26-23-40(62(38-13-3-1-4-14-38)39-15-5-2-6-16-39)33-53(45)63(55)41-31-51(49-19-9-11-27-59-49)61-52(32-41)50-20-10-12-28-60-50/h1-33H. The number of aromatic nitrogens is 4. The van der Waals surface area contributed by atoms with Crippen LogP contribution in [0.2, 0.25) is 0 Å². The number of pyridine rings is 3. The molecular formula is C56H33N7. The van der Waals surface area contributed by atoms with E-state index in [1.165, 1.54) is 0 Å². The fourth-order valence-electron chi connectivity index (χ4n) is 10.0. The Balaban J connectivity index is 1.25. The number of hydrogen-bond donors (Lipinski definition) is 0. The number of rotatable bonds is 6. The Labute approximate surface area is 363 Å². The molecule has 4 heterocycles. The van der Waals surface area contributed by atoms with E-state index in [4.69, 9.17) is 15.0 Å². The molecule has 7 heteroatoms. The highest BCUT2D eigenvalue weighted by Gasteiger charge is 2.54. The van der Waals surface area contributed by atoms with E-state index in [9.17, 15) is 10.5 Å². The first-order valence-electron chi connectivity index (χ1n) is 20.8. The van der Waals surface area contributed by atoms with Crippen molar-refractivity contribution in [2.24, 2.45) is 0 Å². The largest absolute Gasteiger partial charge is 0.310 e. The topological polar surface area (TPSA) is 94.4 Å². The molecule has 0 radical (unpaired) electrons. The molecule has 0 fully saturated rings. The van der Waals surface area contributed by atoms with Crippen molar-refractivity contribution >= 4 is 28.0 Å². The van der Waals surface area contributed by atoms with Crippen molar-refractivity contribution in [1.29, 1.82) is 10.5 Å². The summed E-state index contributed by atoms with van der Waals surface area (Å²) in [7, 11) is 0. The Morgan fingerprint density at radius 3 is 1.57 bits per heavy atom. The minimum absolute atomic E-state index is 0.578. The lowest BCUT2D eigenvalue weighted by atomic mass is 9.69. The molecule has 0 N–H and O–H groups in total. The van der Waals surface area contributed by atoms with Crippen LogP contribution >= 0.6 is 0 Å². The summed E-state index contributed by atoms with van der Waals surface area (Å²) in [6.07, 6.45) is 3.59. The van der Waals surface area contributed by atoms with Gasteiger partial charge in [-0.2, -0.15) is 10.5 Å². The Hall–Kier alpha value is -8.91. The van der Waals surface area contributed by atoms with Crippen molar-refractivity contribution in [3.63, 3.8) is 0 Å². The van der Waals surface area contributed by atoms with Crippen molar-refractivity contribution in [2.45, 2.75) is 5.41 Å². The number of para-hydroxylation sites is 2. The van der Waals surface area contributed by atoms with Gasteiger partial charge in [0.25, 0.3) is 0 Å². The molecule has 10 aromatic rings. The fraction of sp³-hybridized carbons (Fsp3) is 0.0179. The average Bonchev–Trinajstić information content (AvgIpc) is 3.96. The van der Waals surface area contributed by atoms with Crippen LogP contribution in [-0.4, -0.2) is 19.5 Å². The highest BCUT2D eigenvalue weighted by atomic mass is 15.1. The summed E-state index contributed by atoms with van der Waals surface area (Å²) >= 11 is 0. The molecule has 7 nitrogen and oxygen atoms in total. The molecule has 0 unspecified atom stereocenters. The number of nitrogens with zero attached hydrogens (tertiary/aromatic N) is 7. The second-order valence-electron chi connectivity index (χ2n) is 15.8. The third-order valence-electron chi connectivity index (χ3n) is 12.5. The number of nitriles is 2. The van der Waals surface area contributed by atoms with Crippen LogP contribution in [0.3, 0.4) is 0 Å². The summed E-state index contributed by atoms with van der Waals surface area (Å²) < 4.78 is 2.39. The van der Waals surface area contributed by atoms with Gasteiger partial charge in [0.05, 0.1) is 68.4 Å². The molecule has 0 saturated heterocycles. The zero-order chi connectivity index (χ0) is 42.1. The molecule has 0 saturated carbocycles. The van der Waals surface area contributed by atoms with Crippen LogP contribution in [0.5, 0.6) is 0 Å². The Morgan fingerprint density at radius 1 is 0.460 bits per heavy atom. The van der Waals surface area contributed by atoms with E-state index in [1.807, 2.05) is 60.7 Å². The number of fused-ring (bicyclic) bond motifs is 12. The average molecular weight is 804 g/mol. The van der Waals surface area contributed by atoms with E-state index in [-0.39, 0.29) is 0 Å². The maximum atomic E-state index is 10.4. The minimum atomic E-state index is -0.861. The third-order valence-corrected chi connectivity index (χ3v) is 12.5. The summed E-state index contributed by atoms with van der Waals surface area (Å²) in [4.78, 5) is 17.0. The zero-order valence-corrected chi connectivity index (χ0v) is 33.7. The van der Waals surface area contributed by atoms with Gasteiger partial charge in [0.15, 0.2) is 0 Å². The molecule has 63 heavy (non-hydrogen) atoms. The second-order valence-corrected chi connectivity index (χ2v) is 15.8. The first kappa shape index (κ1) is 36.0. The third kappa shape index (κ3) is 5.34. The maximum absolute atomic E-state index is 10.4. The van der Waals surface area contributed by atoms with Crippen molar-refractivity contribution in [3.8, 4) is 63.0 Å². The van der Waals surface area contributed by atoms with Gasteiger partial charge in [-0.15, -0.1) is 0 Å². The molecule has 0 atom stereocenters. The van der Waals surface area contributed by atoms with Crippen LogP contribution in [0.1, 0.15) is 33.4 Å². The van der Waals surface area contributed by atoms with Gasteiger partial charge in [-0.3, -0.25) is 9.97 Å². The quantitative estimate of drug-likeness (QED) is 0.166. The second kappa shape index (κ2) is 14.1. The summed E-state index contributed by atoms with van der Waals surface area (Å²) in [5.74, 6) is 0. The monoisotopic (exact) mass is 803 g/mol. The molecule has 0 bridgehead atoms. The normalized spacial score (nSPS) is 12.5. The van der Waals surface area contributed by atoms with Crippen LogP contribution < -0.4 is 4.90 Å². The molecule has 12 rings (SSSR count). The van der Waals surface area contributed by atoms with Gasteiger partial charge >= 0.3 is 0 Å². The predicted molar refractivity (Wildman–Crippen MR) is 248 cm³/mol. The van der Waals surface area contributed by atoms with Gasteiger partial charge < -0.3 is 9.47 Å². The molecule has 2 aliphatic carbocycles.